The van der Waals surface area contributed by atoms with Crippen molar-refractivity contribution >= 4 is 34.8 Å². The zero-order valence-electron chi connectivity index (χ0n) is 14.4. The van der Waals surface area contributed by atoms with Crippen LogP contribution in [0.1, 0.15) is 17.8 Å². The lowest BCUT2D eigenvalue weighted by molar-refractivity contribution is 0.714. The fourth-order valence-electron chi connectivity index (χ4n) is 2.58. The second-order valence-corrected chi connectivity index (χ2v) is 6.58. The summed E-state index contributed by atoms with van der Waals surface area (Å²) < 4.78 is 2.01. The van der Waals surface area contributed by atoms with Gasteiger partial charge in [0.2, 0.25) is 0 Å². The van der Waals surface area contributed by atoms with Crippen molar-refractivity contribution in [3.8, 4) is 0 Å². The summed E-state index contributed by atoms with van der Waals surface area (Å²) in [5, 5.41) is 16.2. The highest BCUT2D eigenvalue weighted by Crippen LogP contribution is 2.20. The number of nitrogens with one attached hydrogen (secondary N) is 2. The molecule has 0 unspecified atom stereocenters. The molecule has 0 fully saturated rings. The van der Waals surface area contributed by atoms with Gasteiger partial charge in [-0.1, -0.05) is 35.3 Å². The first-order valence-electron chi connectivity index (χ1n) is 8.34. The Labute approximate surface area is 162 Å². The van der Waals surface area contributed by atoms with Crippen molar-refractivity contribution in [3.63, 3.8) is 0 Å². The summed E-state index contributed by atoms with van der Waals surface area (Å²) in [7, 11) is 1.74. The molecule has 0 bridgehead atoms. The maximum atomic E-state index is 6.19. The molecule has 2 aromatic heterocycles. The molecule has 26 heavy (non-hydrogen) atoms. The van der Waals surface area contributed by atoms with Crippen LogP contribution in [0.15, 0.2) is 47.6 Å². The zero-order chi connectivity index (χ0) is 18.4. The molecular weight excluding hydrogens is 371 g/mol. The summed E-state index contributed by atoms with van der Waals surface area (Å²) in [6.45, 7) is 1.35. The minimum atomic E-state index is 0.574. The fourth-order valence-corrected chi connectivity index (χ4v) is 3.05. The Morgan fingerprint density at radius 2 is 2.04 bits per heavy atom. The number of aryl methyl sites for hydroxylation is 1. The monoisotopic (exact) mass is 390 g/mol. The van der Waals surface area contributed by atoms with Crippen molar-refractivity contribution in [1.29, 1.82) is 0 Å². The lowest BCUT2D eigenvalue weighted by Gasteiger charge is -2.12. The van der Waals surface area contributed by atoms with Gasteiger partial charge in [0, 0.05) is 42.8 Å². The summed E-state index contributed by atoms with van der Waals surface area (Å²) >= 11 is 12.1. The number of rotatable bonds is 6. The van der Waals surface area contributed by atoms with Gasteiger partial charge in [0.05, 0.1) is 0 Å². The van der Waals surface area contributed by atoms with E-state index in [0.29, 0.717) is 16.6 Å². The Morgan fingerprint density at radius 3 is 2.85 bits per heavy atom. The van der Waals surface area contributed by atoms with Crippen LogP contribution in [0.4, 0.5) is 0 Å². The van der Waals surface area contributed by atoms with Gasteiger partial charge in [-0.2, -0.15) is 0 Å². The van der Waals surface area contributed by atoms with E-state index in [2.05, 4.69) is 25.8 Å². The molecule has 2 heterocycles. The van der Waals surface area contributed by atoms with Crippen LogP contribution in [0, 0.1) is 0 Å². The molecular formula is C18H20Cl2N6. The predicted octanol–water partition coefficient (Wildman–Crippen LogP) is 3.33. The van der Waals surface area contributed by atoms with Crippen molar-refractivity contribution in [3.05, 3.63) is 64.0 Å². The number of guanidine groups is 1. The lowest BCUT2D eigenvalue weighted by atomic mass is 10.2. The highest BCUT2D eigenvalue weighted by molar-refractivity contribution is 6.35. The van der Waals surface area contributed by atoms with Crippen LogP contribution in [0.5, 0.6) is 0 Å². The quantitative estimate of drug-likeness (QED) is 0.384. The van der Waals surface area contributed by atoms with Crippen LogP contribution in [-0.2, 0) is 13.0 Å². The van der Waals surface area contributed by atoms with E-state index in [1.807, 2.05) is 40.9 Å². The highest BCUT2D eigenvalue weighted by atomic mass is 35.5. The molecule has 3 rings (SSSR count). The molecule has 1 aromatic carbocycles. The van der Waals surface area contributed by atoms with Crippen molar-refractivity contribution in [2.24, 2.45) is 4.99 Å². The smallest absolute Gasteiger partial charge is 0.191 e. The van der Waals surface area contributed by atoms with Gasteiger partial charge in [-0.15, -0.1) is 10.2 Å². The number of aliphatic imine (C=N–C) groups is 1. The Balaban J connectivity index is 1.45. The first-order chi connectivity index (χ1) is 12.7. The normalized spacial score (nSPS) is 11.7. The van der Waals surface area contributed by atoms with E-state index >= 15 is 0 Å². The van der Waals surface area contributed by atoms with E-state index in [4.69, 9.17) is 23.2 Å². The van der Waals surface area contributed by atoms with Gasteiger partial charge in [0.15, 0.2) is 11.6 Å². The van der Waals surface area contributed by atoms with E-state index in [1.165, 1.54) is 0 Å². The van der Waals surface area contributed by atoms with Crippen molar-refractivity contribution < 1.29 is 0 Å². The summed E-state index contributed by atoms with van der Waals surface area (Å²) in [5.74, 6) is 1.68. The number of aromatic nitrogens is 3. The second-order valence-electron chi connectivity index (χ2n) is 5.74. The third kappa shape index (κ3) is 4.65. The van der Waals surface area contributed by atoms with Gasteiger partial charge in [0.25, 0.3) is 0 Å². The first kappa shape index (κ1) is 18.5. The molecule has 6 nitrogen and oxygen atoms in total. The van der Waals surface area contributed by atoms with Gasteiger partial charge in [-0.3, -0.25) is 9.39 Å². The standard InChI is InChI=1S/C18H20Cl2N6/c1-21-18(23-12-13-7-8-14(19)11-15(13)20)22-9-4-6-17-25-24-16-5-2-3-10-26(16)17/h2-3,5,7-8,10-11H,4,6,9,12H2,1H3,(H2,21,22,23). The second kappa shape index (κ2) is 8.87. The van der Waals surface area contributed by atoms with Crippen LogP contribution in [0.3, 0.4) is 0 Å². The van der Waals surface area contributed by atoms with Gasteiger partial charge in [-0.25, -0.2) is 0 Å². The molecule has 0 atom stereocenters. The molecule has 0 aliphatic heterocycles. The third-order valence-electron chi connectivity index (χ3n) is 3.94. The fraction of sp³-hybridized carbons (Fsp3) is 0.278. The summed E-state index contributed by atoms with van der Waals surface area (Å²) in [4.78, 5) is 4.23. The maximum Gasteiger partial charge on any atom is 0.191 e. The summed E-state index contributed by atoms with van der Waals surface area (Å²) in [6, 6.07) is 11.3. The molecule has 2 N–H and O–H groups in total. The van der Waals surface area contributed by atoms with Crippen LogP contribution in [0.2, 0.25) is 10.0 Å². The molecule has 8 heteroatoms. The molecule has 0 amide bonds. The molecule has 0 spiro atoms. The number of benzene rings is 1. The van der Waals surface area contributed by atoms with Crippen LogP contribution in [-0.4, -0.2) is 34.2 Å². The van der Waals surface area contributed by atoms with Gasteiger partial charge < -0.3 is 10.6 Å². The number of hydrogen-bond donors (Lipinski definition) is 2. The van der Waals surface area contributed by atoms with Crippen LogP contribution >= 0.6 is 23.2 Å². The minimum absolute atomic E-state index is 0.574. The Kier molecular flexibility index (Phi) is 6.30. The van der Waals surface area contributed by atoms with Crippen molar-refractivity contribution in [2.45, 2.75) is 19.4 Å². The molecule has 0 aliphatic carbocycles. The minimum Gasteiger partial charge on any atom is -0.356 e. The summed E-state index contributed by atoms with van der Waals surface area (Å²) in [6.07, 6.45) is 3.73. The predicted molar refractivity (Wildman–Crippen MR) is 106 cm³/mol. The van der Waals surface area contributed by atoms with Gasteiger partial charge in [0.1, 0.15) is 5.82 Å². The Bertz CT molecular complexity index is 906. The van der Waals surface area contributed by atoms with E-state index in [9.17, 15) is 0 Å². The molecule has 0 radical (unpaired) electrons. The number of fused-ring (bicyclic) bond motifs is 1. The van der Waals surface area contributed by atoms with Gasteiger partial charge >= 0.3 is 0 Å². The van der Waals surface area contributed by atoms with Crippen molar-refractivity contribution in [2.75, 3.05) is 13.6 Å². The Morgan fingerprint density at radius 1 is 1.15 bits per heavy atom. The largest absolute Gasteiger partial charge is 0.356 e. The number of pyridine rings is 1. The van der Waals surface area contributed by atoms with E-state index < -0.39 is 0 Å². The molecule has 0 saturated carbocycles. The van der Waals surface area contributed by atoms with E-state index in [0.717, 1.165) is 42.4 Å². The SMILES string of the molecule is CN=C(NCCCc1nnc2ccccn12)NCc1ccc(Cl)cc1Cl. The average Bonchev–Trinajstić information content (AvgIpc) is 3.05. The molecule has 0 saturated heterocycles. The average molecular weight is 391 g/mol. The lowest BCUT2D eigenvalue weighted by Crippen LogP contribution is -2.37. The van der Waals surface area contributed by atoms with Crippen LogP contribution < -0.4 is 10.6 Å². The first-order valence-corrected chi connectivity index (χ1v) is 9.10. The molecule has 136 valence electrons. The highest BCUT2D eigenvalue weighted by Gasteiger charge is 2.05. The summed E-state index contributed by atoms with van der Waals surface area (Å²) in [5.41, 5.74) is 1.83. The zero-order valence-corrected chi connectivity index (χ0v) is 15.9. The topological polar surface area (TPSA) is 66.6 Å². The number of halogens is 2. The van der Waals surface area contributed by atoms with E-state index in [-0.39, 0.29) is 0 Å². The Hall–Kier alpha value is -2.31. The maximum absolute atomic E-state index is 6.19. The van der Waals surface area contributed by atoms with Crippen LogP contribution in [0.25, 0.3) is 5.65 Å². The number of hydrogen-bond acceptors (Lipinski definition) is 3. The van der Waals surface area contributed by atoms with Gasteiger partial charge in [-0.05, 0) is 36.2 Å². The molecule has 0 aliphatic rings. The van der Waals surface area contributed by atoms with E-state index in [1.54, 1.807) is 13.1 Å². The third-order valence-corrected chi connectivity index (χ3v) is 4.53. The molecule has 3 aromatic rings. The van der Waals surface area contributed by atoms with Crippen molar-refractivity contribution in [1.82, 2.24) is 25.2 Å². The number of nitrogens with zero attached hydrogens (tertiary/aromatic N) is 4.